The lowest BCUT2D eigenvalue weighted by atomic mass is 10.2. The van der Waals surface area contributed by atoms with Crippen molar-refractivity contribution in [3.05, 3.63) is 55.9 Å². The highest BCUT2D eigenvalue weighted by Crippen LogP contribution is 2.14. The molecule has 172 valence electrons. The second-order valence-corrected chi connectivity index (χ2v) is 8.07. The molecule has 0 atom stereocenters. The fraction of sp³-hybridized carbons (Fsp3) is 0.455. The number of methoxy groups -OCH3 is 1. The second-order valence-electron chi connectivity index (χ2n) is 7.06. The maximum atomic E-state index is 12.8. The van der Waals surface area contributed by atoms with Crippen LogP contribution < -0.4 is 10.4 Å². The van der Waals surface area contributed by atoms with Gasteiger partial charge in [-0.25, -0.2) is 14.6 Å². The monoisotopic (exact) mass is 461 g/mol. The lowest BCUT2D eigenvalue weighted by Gasteiger charge is -2.26. The Labute approximate surface area is 189 Å². The molecule has 1 saturated heterocycles. The highest BCUT2D eigenvalue weighted by molar-refractivity contribution is 7.11. The van der Waals surface area contributed by atoms with Crippen molar-refractivity contribution in [3.8, 4) is 0 Å². The zero-order valence-electron chi connectivity index (χ0n) is 18.2. The Kier molecular flexibility index (Phi) is 8.72. The van der Waals surface area contributed by atoms with E-state index in [1.54, 1.807) is 35.8 Å². The summed E-state index contributed by atoms with van der Waals surface area (Å²) in [6.45, 7) is 6.54. The molecular formula is C22H27N3O6S. The molecule has 0 unspecified atom stereocenters. The molecule has 2 heterocycles. The second kappa shape index (κ2) is 11.7. The van der Waals surface area contributed by atoms with Crippen molar-refractivity contribution < 1.29 is 23.8 Å². The molecule has 3 rings (SSSR count). The Bertz CT molecular complexity index is 1050. The van der Waals surface area contributed by atoms with Crippen LogP contribution >= 0.6 is 11.3 Å². The number of morpholine rings is 1. The molecule has 0 saturated carbocycles. The van der Waals surface area contributed by atoms with Crippen LogP contribution in [0.5, 0.6) is 0 Å². The highest BCUT2D eigenvalue weighted by Gasteiger charge is 2.14. The van der Waals surface area contributed by atoms with Gasteiger partial charge in [-0.05, 0) is 37.6 Å². The molecule has 1 fully saturated rings. The average Bonchev–Trinajstić information content (AvgIpc) is 2.81. The van der Waals surface area contributed by atoms with Crippen molar-refractivity contribution in [1.82, 2.24) is 9.47 Å². The number of rotatable bonds is 8. The van der Waals surface area contributed by atoms with E-state index in [0.717, 1.165) is 50.6 Å². The number of aromatic nitrogens is 1. The maximum Gasteiger partial charge on any atom is 0.348 e. The minimum Gasteiger partial charge on any atom is -0.465 e. The van der Waals surface area contributed by atoms with Crippen LogP contribution in [0, 0.1) is 0 Å². The molecule has 0 bridgehead atoms. The third-order valence-corrected chi connectivity index (χ3v) is 5.90. The van der Waals surface area contributed by atoms with Crippen molar-refractivity contribution in [1.29, 1.82) is 0 Å². The van der Waals surface area contributed by atoms with Gasteiger partial charge in [-0.15, -0.1) is 0 Å². The molecule has 0 N–H and O–H groups in total. The molecular weight excluding hydrogens is 434 g/mol. The van der Waals surface area contributed by atoms with Gasteiger partial charge >= 0.3 is 11.9 Å². The van der Waals surface area contributed by atoms with E-state index < -0.39 is 11.9 Å². The third kappa shape index (κ3) is 6.35. The molecule has 2 aromatic rings. The van der Waals surface area contributed by atoms with Gasteiger partial charge in [0, 0.05) is 32.2 Å². The quantitative estimate of drug-likeness (QED) is 0.553. The van der Waals surface area contributed by atoms with Gasteiger partial charge in [0.1, 0.15) is 4.88 Å². The third-order valence-electron chi connectivity index (χ3n) is 4.90. The molecule has 10 heteroatoms. The summed E-state index contributed by atoms with van der Waals surface area (Å²) in [4.78, 5) is 44.1. The Balaban J connectivity index is 1.88. The van der Waals surface area contributed by atoms with E-state index >= 15 is 0 Å². The van der Waals surface area contributed by atoms with Crippen molar-refractivity contribution in [2.24, 2.45) is 4.99 Å². The van der Waals surface area contributed by atoms with Gasteiger partial charge in [-0.3, -0.25) is 14.3 Å². The summed E-state index contributed by atoms with van der Waals surface area (Å²) in [5, 5.41) is 0. The molecule has 0 spiro atoms. The fourth-order valence-electron chi connectivity index (χ4n) is 3.23. The van der Waals surface area contributed by atoms with E-state index in [0.29, 0.717) is 29.2 Å². The summed E-state index contributed by atoms with van der Waals surface area (Å²) in [5.41, 5.74) is 0.659. The summed E-state index contributed by atoms with van der Waals surface area (Å²) in [7, 11) is 1.27. The van der Waals surface area contributed by atoms with Crippen LogP contribution in [0.15, 0.2) is 40.1 Å². The van der Waals surface area contributed by atoms with Crippen LogP contribution in [0.2, 0.25) is 0 Å². The molecule has 1 aliphatic rings. The van der Waals surface area contributed by atoms with Crippen molar-refractivity contribution in [2.45, 2.75) is 19.9 Å². The van der Waals surface area contributed by atoms with Crippen LogP contribution in [-0.4, -0.2) is 68.0 Å². The van der Waals surface area contributed by atoms with E-state index in [-0.39, 0.29) is 10.4 Å². The van der Waals surface area contributed by atoms with Gasteiger partial charge in [0.25, 0.3) is 5.56 Å². The summed E-state index contributed by atoms with van der Waals surface area (Å²) < 4.78 is 16.7. The van der Waals surface area contributed by atoms with Crippen LogP contribution in [0.25, 0.3) is 0 Å². The lowest BCUT2D eigenvalue weighted by Crippen LogP contribution is -2.38. The predicted molar refractivity (Wildman–Crippen MR) is 119 cm³/mol. The largest absolute Gasteiger partial charge is 0.465 e. The number of esters is 2. The van der Waals surface area contributed by atoms with Gasteiger partial charge < -0.3 is 14.2 Å². The number of nitrogens with zero attached hydrogens (tertiary/aromatic N) is 3. The van der Waals surface area contributed by atoms with Crippen LogP contribution in [0.1, 0.15) is 33.4 Å². The summed E-state index contributed by atoms with van der Waals surface area (Å²) in [6.07, 6.45) is 0.758. The van der Waals surface area contributed by atoms with Crippen molar-refractivity contribution in [2.75, 3.05) is 46.6 Å². The molecule has 1 aromatic heterocycles. The minimum atomic E-state index is -0.582. The summed E-state index contributed by atoms with van der Waals surface area (Å²) >= 11 is 1.09. The van der Waals surface area contributed by atoms with Gasteiger partial charge in [0.15, 0.2) is 4.80 Å². The molecule has 0 radical (unpaired) electrons. The number of hydrogen-bond acceptors (Lipinski definition) is 9. The first-order chi connectivity index (χ1) is 15.5. The van der Waals surface area contributed by atoms with E-state index in [2.05, 4.69) is 9.89 Å². The highest BCUT2D eigenvalue weighted by atomic mass is 32.1. The van der Waals surface area contributed by atoms with E-state index in [1.165, 1.54) is 13.2 Å². The summed E-state index contributed by atoms with van der Waals surface area (Å²) in [5.74, 6) is -0.990. The van der Waals surface area contributed by atoms with E-state index in [9.17, 15) is 14.4 Å². The molecule has 0 aliphatic carbocycles. The smallest absolute Gasteiger partial charge is 0.348 e. The number of carbonyl (C=O) groups is 2. The van der Waals surface area contributed by atoms with Crippen molar-refractivity contribution >= 4 is 29.0 Å². The molecule has 1 aromatic carbocycles. The van der Waals surface area contributed by atoms with Gasteiger partial charge in [0.2, 0.25) is 0 Å². The Morgan fingerprint density at radius 3 is 2.50 bits per heavy atom. The van der Waals surface area contributed by atoms with Crippen LogP contribution in [0.3, 0.4) is 0 Å². The Morgan fingerprint density at radius 1 is 1.12 bits per heavy atom. The van der Waals surface area contributed by atoms with Crippen LogP contribution in [0.4, 0.5) is 5.69 Å². The van der Waals surface area contributed by atoms with Crippen LogP contribution in [-0.2, 0) is 20.8 Å². The van der Waals surface area contributed by atoms with Gasteiger partial charge in [-0.1, -0.05) is 11.3 Å². The molecule has 9 nitrogen and oxygen atoms in total. The first kappa shape index (κ1) is 23.8. The van der Waals surface area contributed by atoms with Gasteiger partial charge in [-0.2, -0.15) is 0 Å². The Hall–Kier alpha value is -2.82. The van der Waals surface area contributed by atoms with Gasteiger partial charge in [0.05, 0.1) is 38.2 Å². The lowest BCUT2D eigenvalue weighted by molar-refractivity contribution is 0.0369. The predicted octanol–water partition coefficient (Wildman–Crippen LogP) is 1.83. The SMILES string of the molecule is CCOC(=O)c1ccc(N=c2sc(C(=O)OC)cc(=O)n2CCCN2CCOCC2)cc1. The number of ether oxygens (including phenoxy) is 3. The summed E-state index contributed by atoms with van der Waals surface area (Å²) in [6, 6.07) is 7.87. The first-order valence-corrected chi connectivity index (χ1v) is 11.3. The average molecular weight is 462 g/mol. The number of benzene rings is 1. The zero-order chi connectivity index (χ0) is 22.9. The fourth-order valence-corrected chi connectivity index (χ4v) is 4.20. The molecule has 0 amide bonds. The Morgan fingerprint density at radius 2 is 1.84 bits per heavy atom. The normalized spacial score (nSPS) is 14.9. The number of carbonyl (C=O) groups excluding carboxylic acids is 2. The maximum absolute atomic E-state index is 12.8. The first-order valence-electron chi connectivity index (χ1n) is 10.5. The zero-order valence-corrected chi connectivity index (χ0v) is 19.1. The van der Waals surface area contributed by atoms with E-state index in [4.69, 9.17) is 14.2 Å². The van der Waals surface area contributed by atoms with E-state index in [1.807, 2.05) is 0 Å². The topological polar surface area (TPSA) is 99.4 Å². The molecule has 32 heavy (non-hydrogen) atoms. The standard InChI is InChI=1S/C22H27N3O6S/c1-3-31-20(27)16-5-7-17(8-6-16)23-22-25(10-4-9-24-11-13-30-14-12-24)19(26)15-18(32-22)21(28)29-2/h5-8,15H,3-4,9-14H2,1-2H3. The number of hydrogen-bond donors (Lipinski definition) is 0. The molecule has 1 aliphatic heterocycles. The minimum absolute atomic E-state index is 0.184. The van der Waals surface area contributed by atoms with Crippen molar-refractivity contribution in [3.63, 3.8) is 0 Å².